The molecule has 3 aromatic carbocycles. The van der Waals surface area contributed by atoms with E-state index in [1.807, 2.05) is 41.0 Å². The van der Waals surface area contributed by atoms with E-state index < -0.39 is 0 Å². The minimum atomic E-state index is -0.276. The second-order valence-electron chi connectivity index (χ2n) is 7.33. The summed E-state index contributed by atoms with van der Waals surface area (Å²) in [4.78, 5) is 12.4. The minimum Gasteiger partial charge on any atom is -0.496 e. The van der Waals surface area contributed by atoms with Gasteiger partial charge in [0.1, 0.15) is 11.6 Å². The first-order chi connectivity index (χ1) is 16.5. The monoisotopic (exact) mass is 496 g/mol. The largest absolute Gasteiger partial charge is 0.496 e. The highest BCUT2D eigenvalue weighted by atomic mass is 35.5. The first-order valence-electron chi connectivity index (χ1n) is 10.5. The van der Waals surface area contributed by atoms with Crippen molar-refractivity contribution < 1.29 is 13.9 Å². The van der Waals surface area contributed by atoms with E-state index in [-0.39, 0.29) is 17.5 Å². The summed E-state index contributed by atoms with van der Waals surface area (Å²) < 4.78 is 20.4. The summed E-state index contributed by atoms with van der Waals surface area (Å²) in [6, 6.07) is 21.1. The molecular formula is C25H22ClFN4O2S. The molecule has 6 nitrogen and oxygen atoms in total. The van der Waals surface area contributed by atoms with E-state index in [0.29, 0.717) is 34.7 Å². The molecule has 0 saturated carbocycles. The lowest BCUT2D eigenvalue weighted by molar-refractivity contribution is -0.118. The van der Waals surface area contributed by atoms with Crippen LogP contribution >= 0.6 is 23.4 Å². The summed E-state index contributed by atoms with van der Waals surface area (Å²) in [5, 5.41) is 12.8. The summed E-state index contributed by atoms with van der Waals surface area (Å²) in [6.07, 6.45) is 0.621. The maximum Gasteiger partial charge on any atom is 0.230 e. The van der Waals surface area contributed by atoms with Crippen LogP contribution in [-0.2, 0) is 11.2 Å². The van der Waals surface area contributed by atoms with Gasteiger partial charge < -0.3 is 10.1 Å². The number of nitrogens with one attached hydrogen (secondary N) is 1. The highest BCUT2D eigenvalue weighted by molar-refractivity contribution is 7.99. The Hall–Kier alpha value is -3.36. The summed E-state index contributed by atoms with van der Waals surface area (Å²) in [7, 11) is 1.60. The molecule has 4 rings (SSSR count). The average Bonchev–Trinajstić information content (AvgIpc) is 3.28. The van der Waals surface area contributed by atoms with Crippen LogP contribution in [0.3, 0.4) is 0 Å². The van der Waals surface area contributed by atoms with Gasteiger partial charge in [0.25, 0.3) is 0 Å². The molecule has 34 heavy (non-hydrogen) atoms. The zero-order valence-electron chi connectivity index (χ0n) is 18.4. The Morgan fingerprint density at radius 3 is 2.53 bits per heavy atom. The van der Waals surface area contributed by atoms with Crippen LogP contribution in [0.15, 0.2) is 78.0 Å². The Bertz CT molecular complexity index is 1260. The highest BCUT2D eigenvalue weighted by Gasteiger charge is 2.19. The van der Waals surface area contributed by atoms with Crippen molar-refractivity contribution in [3.05, 3.63) is 89.2 Å². The predicted octanol–water partition coefficient (Wildman–Crippen LogP) is 5.19. The molecule has 9 heteroatoms. The number of methoxy groups -OCH3 is 1. The summed E-state index contributed by atoms with van der Waals surface area (Å²) in [6.45, 7) is 0.460. The maximum absolute atomic E-state index is 13.0. The molecular weight excluding hydrogens is 475 g/mol. The first-order valence-corrected chi connectivity index (χ1v) is 11.9. The summed E-state index contributed by atoms with van der Waals surface area (Å²) in [5.41, 5.74) is 2.55. The van der Waals surface area contributed by atoms with Gasteiger partial charge in [-0.15, -0.1) is 10.2 Å². The Kier molecular flexibility index (Phi) is 7.82. The van der Waals surface area contributed by atoms with Crippen LogP contribution in [0.25, 0.3) is 17.1 Å². The number of aromatic nitrogens is 3. The molecule has 0 aliphatic carbocycles. The molecule has 1 heterocycles. The SMILES string of the molecule is COc1ccccc1-c1nnc(SCC(=O)NCCc2ccc(F)cc2)n1-c1ccc(Cl)cc1. The number of ether oxygens (including phenoxy) is 1. The third-order valence-corrected chi connectivity index (χ3v) is 6.23. The molecule has 0 saturated heterocycles. The summed E-state index contributed by atoms with van der Waals surface area (Å²) >= 11 is 7.37. The fourth-order valence-corrected chi connectivity index (χ4v) is 4.28. The van der Waals surface area contributed by atoms with Crippen molar-refractivity contribution in [2.45, 2.75) is 11.6 Å². The van der Waals surface area contributed by atoms with Crippen LogP contribution in [0, 0.1) is 5.82 Å². The zero-order valence-corrected chi connectivity index (χ0v) is 19.9. The number of hydrogen-bond donors (Lipinski definition) is 1. The van der Waals surface area contributed by atoms with Crippen molar-refractivity contribution in [1.29, 1.82) is 0 Å². The lowest BCUT2D eigenvalue weighted by Crippen LogP contribution is -2.27. The van der Waals surface area contributed by atoms with Crippen molar-refractivity contribution in [2.24, 2.45) is 0 Å². The van der Waals surface area contributed by atoms with Crippen molar-refractivity contribution in [3.8, 4) is 22.8 Å². The normalized spacial score (nSPS) is 10.8. The van der Waals surface area contributed by atoms with E-state index in [9.17, 15) is 9.18 Å². The fraction of sp³-hybridized carbons (Fsp3) is 0.160. The number of nitrogens with zero attached hydrogens (tertiary/aromatic N) is 3. The standard InChI is InChI=1S/C25H22ClFN4O2S/c1-33-22-5-3-2-4-21(22)24-29-30-25(31(24)20-12-8-18(26)9-13-20)34-16-23(32)28-15-14-17-6-10-19(27)11-7-17/h2-13H,14-16H2,1H3,(H,28,32). The van der Waals surface area contributed by atoms with E-state index in [1.165, 1.54) is 23.9 Å². The predicted molar refractivity (Wildman–Crippen MR) is 132 cm³/mol. The molecule has 0 radical (unpaired) electrons. The third kappa shape index (κ3) is 5.76. The summed E-state index contributed by atoms with van der Waals surface area (Å²) in [5.74, 6) is 1.03. The van der Waals surface area contributed by atoms with Crippen molar-refractivity contribution in [1.82, 2.24) is 20.1 Å². The number of carbonyl (C=O) groups is 1. The number of thioether (sulfide) groups is 1. The van der Waals surface area contributed by atoms with Gasteiger partial charge in [0.05, 0.1) is 18.4 Å². The van der Waals surface area contributed by atoms with E-state index >= 15 is 0 Å². The number of halogens is 2. The molecule has 0 aliphatic rings. The number of benzene rings is 3. The fourth-order valence-electron chi connectivity index (χ4n) is 3.37. The lowest BCUT2D eigenvalue weighted by atomic mass is 10.1. The van der Waals surface area contributed by atoms with Crippen LogP contribution in [0.5, 0.6) is 5.75 Å². The van der Waals surface area contributed by atoms with Crippen molar-refractivity contribution >= 4 is 29.3 Å². The maximum atomic E-state index is 13.0. The van der Waals surface area contributed by atoms with Crippen molar-refractivity contribution in [3.63, 3.8) is 0 Å². The molecule has 1 amide bonds. The van der Waals surface area contributed by atoms with E-state index in [2.05, 4.69) is 15.5 Å². The van der Waals surface area contributed by atoms with Gasteiger partial charge in [0, 0.05) is 17.3 Å². The Balaban J connectivity index is 1.50. The Morgan fingerprint density at radius 1 is 1.06 bits per heavy atom. The molecule has 0 unspecified atom stereocenters. The molecule has 0 spiro atoms. The van der Waals surface area contributed by atoms with Gasteiger partial charge >= 0.3 is 0 Å². The molecule has 0 aliphatic heterocycles. The van der Waals surface area contributed by atoms with E-state index in [4.69, 9.17) is 16.3 Å². The van der Waals surface area contributed by atoms with Crippen molar-refractivity contribution in [2.75, 3.05) is 19.4 Å². The van der Waals surface area contributed by atoms with E-state index in [0.717, 1.165) is 16.8 Å². The van der Waals surface area contributed by atoms with Crippen LogP contribution in [0.2, 0.25) is 5.02 Å². The number of amides is 1. The topological polar surface area (TPSA) is 69.0 Å². The van der Waals surface area contributed by atoms with Gasteiger partial charge in [-0.1, -0.05) is 47.6 Å². The van der Waals surface area contributed by atoms with Gasteiger partial charge in [0.15, 0.2) is 11.0 Å². The average molecular weight is 497 g/mol. The molecule has 1 N–H and O–H groups in total. The Labute approximate surface area is 206 Å². The number of para-hydroxylation sites is 1. The number of rotatable bonds is 9. The number of hydrogen-bond acceptors (Lipinski definition) is 5. The lowest BCUT2D eigenvalue weighted by Gasteiger charge is -2.12. The van der Waals surface area contributed by atoms with Gasteiger partial charge in [-0.05, 0) is 60.5 Å². The smallest absolute Gasteiger partial charge is 0.230 e. The van der Waals surface area contributed by atoms with Gasteiger partial charge in [-0.3, -0.25) is 9.36 Å². The second kappa shape index (κ2) is 11.2. The van der Waals surface area contributed by atoms with Gasteiger partial charge in [0.2, 0.25) is 5.91 Å². The molecule has 174 valence electrons. The second-order valence-corrected chi connectivity index (χ2v) is 8.71. The quantitative estimate of drug-likeness (QED) is 0.323. The molecule has 0 fully saturated rings. The zero-order chi connectivity index (χ0) is 23.9. The molecule has 4 aromatic rings. The Morgan fingerprint density at radius 2 is 1.79 bits per heavy atom. The minimum absolute atomic E-state index is 0.128. The molecule has 1 aromatic heterocycles. The third-order valence-electron chi connectivity index (χ3n) is 5.05. The van der Waals surface area contributed by atoms with E-state index in [1.54, 1.807) is 31.4 Å². The van der Waals surface area contributed by atoms with Crippen LogP contribution in [0.1, 0.15) is 5.56 Å². The van der Waals surface area contributed by atoms with Crippen LogP contribution < -0.4 is 10.1 Å². The van der Waals surface area contributed by atoms with Crippen LogP contribution in [0.4, 0.5) is 4.39 Å². The van der Waals surface area contributed by atoms with Gasteiger partial charge in [-0.25, -0.2) is 4.39 Å². The first kappa shape index (κ1) is 23.8. The number of carbonyl (C=O) groups excluding carboxylic acids is 1. The molecule has 0 bridgehead atoms. The molecule has 0 atom stereocenters. The highest BCUT2D eigenvalue weighted by Crippen LogP contribution is 2.33. The van der Waals surface area contributed by atoms with Gasteiger partial charge in [-0.2, -0.15) is 0 Å². The van der Waals surface area contributed by atoms with Crippen LogP contribution in [-0.4, -0.2) is 40.1 Å².